The quantitative estimate of drug-likeness (QED) is 0.841. The van der Waals surface area contributed by atoms with Crippen LogP contribution in [0, 0.1) is 0 Å². The number of amides is 2. The van der Waals surface area contributed by atoms with E-state index in [9.17, 15) is 22.8 Å². The van der Waals surface area contributed by atoms with Crippen LogP contribution in [0.2, 0.25) is 0 Å². The van der Waals surface area contributed by atoms with E-state index in [1.165, 1.54) is 17.0 Å². The fraction of sp³-hybridized carbons (Fsp3) is 0.176. The first-order valence-corrected chi connectivity index (χ1v) is 8.32. The highest BCUT2D eigenvalue weighted by atomic mass is 32.2. The van der Waals surface area contributed by atoms with Crippen molar-refractivity contribution < 1.29 is 22.8 Å². The predicted octanol–water partition coefficient (Wildman–Crippen LogP) is 3.78. The number of carbonyl (C=O) groups is 2. The molecule has 8 heteroatoms. The fourth-order valence-electron chi connectivity index (χ4n) is 2.44. The number of thioether (sulfide) groups is 1. The summed E-state index contributed by atoms with van der Waals surface area (Å²) >= 11 is 1.01. The fourth-order valence-corrected chi connectivity index (χ4v) is 3.27. The molecular formula is C17H13F3N2O2S. The topological polar surface area (TPSA) is 49.4 Å². The largest absolute Gasteiger partial charge is 0.416 e. The summed E-state index contributed by atoms with van der Waals surface area (Å²) in [4.78, 5) is 25.9. The lowest BCUT2D eigenvalue weighted by Crippen LogP contribution is -2.43. The van der Waals surface area contributed by atoms with Gasteiger partial charge < -0.3 is 10.2 Å². The van der Waals surface area contributed by atoms with Crippen molar-refractivity contribution in [2.45, 2.75) is 11.1 Å². The molecule has 0 saturated heterocycles. The highest BCUT2D eigenvalue weighted by Crippen LogP contribution is 2.33. The van der Waals surface area contributed by atoms with E-state index >= 15 is 0 Å². The Hall–Kier alpha value is -2.48. The molecule has 130 valence electrons. The minimum absolute atomic E-state index is 0.0665. The standard InChI is InChI=1S/C17H13F3N2O2S/c18-17(19,20)11-4-3-5-12(8-11)25-10-16(24)22-9-15(23)21-13-6-1-2-7-14(13)22/h1-8H,9-10H2,(H,21,23). The number of carbonyl (C=O) groups excluding carboxylic acids is 2. The molecule has 0 aromatic heterocycles. The molecule has 0 spiro atoms. The van der Waals surface area contributed by atoms with E-state index in [1.807, 2.05) is 0 Å². The summed E-state index contributed by atoms with van der Waals surface area (Å²) in [6, 6.07) is 11.7. The number of benzene rings is 2. The van der Waals surface area contributed by atoms with Crippen LogP contribution in [0.1, 0.15) is 5.56 Å². The van der Waals surface area contributed by atoms with Gasteiger partial charge in [-0.05, 0) is 30.3 Å². The van der Waals surface area contributed by atoms with Crippen molar-refractivity contribution in [2.75, 3.05) is 22.5 Å². The third-order valence-corrected chi connectivity index (χ3v) is 4.57. The predicted molar refractivity (Wildman–Crippen MR) is 89.6 cm³/mol. The molecular weight excluding hydrogens is 353 g/mol. The number of anilines is 2. The summed E-state index contributed by atoms with van der Waals surface area (Å²) in [6.07, 6.45) is -4.43. The molecule has 1 N–H and O–H groups in total. The zero-order valence-electron chi connectivity index (χ0n) is 12.8. The zero-order valence-corrected chi connectivity index (χ0v) is 13.7. The van der Waals surface area contributed by atoms with E-state index in [2.05, 4.69) is 5.32 Å². The Morgan fingerprint density at radius 1 is 1.16 bits per heavy atom. The van der Waals surface area contributed by atoms with Crippen LogP contribution in [0.5, 0.6) is 0 Å². The van der Waals surface area contributed by atoms with Gasteiger partial charge in [-0.2, -0.15) is 13.2 Å². The Bertz CT molecular complexity index is 824. The Balaban J connectivity index is 1.73. The Labute approximate surface area is 146 Å². The summed E-state index contributed by atoms with van der Waals surface area (Å²) in [6.45, 7) is -0.112. The van der Waals surface area contributed by atoms with Gasteiger partial charge in [-0.15, -0.1) is 11.8 Å². The lowest BCUT2D eigenvalue weighted by molar-refractivity contribution is -0.137. The van der Waals surface area contributed by atoms with Gasteiger partial charge in [0.15, 0.2) is 0 Å². The first-order chi connectivity index (χ1) is 11.8. The third-order valence-electron chi connectivity index (χ3n) is 3.60. The molecule has 0 radical (unpaired) electrons. The molecule has 1 heterocycles. The van der Waals surface area contributed by atoms with E-state index in [4.69, 9.17) is 0 Å². The van der Waals surface area contributed by atoms with Crippen LogP contribution in [0.15, 0.2) is 53.4 Å². The average Bonchev–Trinajstić information content (AvgIpc) is 2.58. The van der Waals surface area contributed by atoms with Crippen LogP contribution < -0.4 is 10.2 Å². The van der Waals surface area contributed by atoms with Gasteiger partial charge in [0.1, 0.15) is 6.54 Å². The molecule has 0 unspecified atom stereocenters. The Kier molecular flexibility index (Phi) is 4.71. The molecule has 25 heavy (non-hydrogen) atoms. The van der Waals surface area contributed by atoms with E-state index in [0.29, 0.717) is 16.3 Å². The van der Waals surface area contributed by atoms with Crippen LogP contribution in [-0.4, -0.2) is 24.1 Å². The smallest absolute Gasteiger partial charge is 0.323 e. The van der Waals surface area contributed by atoms with Crippen molar-refractivity contribution in [3.63, 3.8) is 0 Å². The molecule has 3 rings (SSSR count). The highest BCUT2D eigenvalue weighted by molar-refractivity contribution is 8.00. The van der Waals surface area contributed by atoms with Gasteiger partial charge in [0.2, 0.25) is 11.8 Å². The molecule has 2 amide bonds. The number of hydrogen-bond donors (Lipinski definition) is 1. The lowest BCUT2D eigenvalue weighted by Gasteiger charge is -2.29. The summed E-state index contributed by atoms with van der Waals surface area (Å²) in [5.74, 6) is -0.719. The number of nitrogens with one attached hydrogen (secondary N) is 1. The number of para-hydroxylation sites is 2. The van der Waals surface area contributed by atoms with E-state index < -0.39 is 11.7 Å². The molecule has 0 aliphatic carbocycles. The monoisotopic (exact) mass is 366 g/mol. The number of nitrogens with zero attached hydrogens (tertiary/aromatic N) is 1. The number of rotatable bonds is 3. The second-order valence-corrected chi connectivity index (χ2v) is 6.41. The van der Waals surface area contributed by atoms with Gasteiger partial charge in [-0.25, -0.2) is 0 Å². The van der Waals surface area contributed by atoms with Crippen LogP contribution in [0.3, 0.4) is 0 Å². The van der Waals surface area contributed by atoms with Gasteiger partial charge in [0, 0.05) is 4.90 Å². The van der Waals surface area contributed by atoms with Crippen molar-refractivity contribution in [2.24, 2.45) is 0 Å². The van der Waals surface area contributed by atoms with Gasteiger partial charge in [-0.3, -0.25) is 9.59 Å². The number of hydrogen-bond acceptors (Lipinski definition) is 3. The second-order valence-electron chi connectivity index (χ2n) is 5.36. The van der Waals surface area contributed by atoms with Gasteiger partial charge in [0.05, 0.1) is 22.7 Å². The van der Waals surface area contributed by atoms with Crippen LogP contribution in [-0.2, 0) is 15.8 Å². The molecule has 0 fully saturated rings. The van der Waals surface area contributed by atoms with Gasteiger partial charge in [-0.1, -0.05) is 18.2 Å². The average molecular weight is 366 g/mol. The maximum atomic E-state index is 12.7. The molecule has 1 aliphatic heterocycles. The van der Waals surface area contributed by atoms with Gasteiger partial charge >= 0.3 is 6.18 Å². The Morgan fingerprint density at radius 3 is 2.68 bits per heavy atom. The van der Waals surface area contributed by atoms with Crippen LogP contribution >= 0.6 is 11.8 Å². The van der Waals surface area contributed by atoms with Crippen molar-refractivity contribution in [3.8, 4) is 0 Å². The number of fused-ring (bicyclic) bond motifs is 1. The van der Waals surface area contributed by atoms with Crippen LogP contribution in [0.4, 0.5) is 24.5 Å². The van der Waals surface area contributed by atoms with Crippen molar-refractivity contribution in [1.29, 1.82) is 0 Å². The maximum absolute atomic E-state index is 12.7. The SMILES string of the molecule is O=C1CN(C(=O)CSc2cccc(C(F)(F)F)c2)c2ccccc2N1. The summed E-state index contributed by atoms with van der Waals surface area (Å²) in [5, 5.41) is 2.68. The number of halogens is 3. The first-order valence-electron chi connectivity index (χ1n) is 7.34. The molecule has 2 aromatic carbocycles. The minimum atomic E-state index is -4.43. The molecule has 0 saturated carbocycles. The van der Waals surface area contributed by atoms with Crippen molar-refractivity contribution in [1.82, 2.24) is 0 Å². The molecule has 4 nitrogen and oxygen atoms in total. The van der Waals surface area contributed by atoms with Crippen molar-refractivity contribution in [3.05, 3.63) is 54.1 Å². The highest BCUT2D eigenvalue weighted by Gasteiger charge is 2.31. The second kappa shape index (κ2) is 6.79. The van der Waals surface area contributed by atoms with Crippen molar-refractivity contribution >= 4 is 35.0 Å². The molecule has 2 aromatic rings. The molecule has 0 bridgehead atoms. The summed E-state index contributed by atoms with van der Waals surface area (Å²) < 4.78 is 38.2. The summed E-state index contributed by atoms with van der Waals surface area (Å²) in [5.41, 5.74) is 0.362. The molecule has 0 atom stereocenters. The third kappa shape index (κ3) is 3.96. The normalized spacial score (nSPS) is 14.0. The Morgan fingerprint density at radius 2 is 1.92 bits per heavy atom. The van der Waals surface area contributed by atoms with E-state index in [-0.39, 0.29) is 24.1 Å². The maximum Gasteiger partial charge on any atom is 0.416 e. The lowest BCUT2D eigenvalue weighted by atomic mass is 10.2. The number of alkyl halides is 3. The van der Waals surface area contributed by atoms with E-state index in [1.54, 1.807) is 24.3 Å². The van der Waals surface area contributed by atoms with Crippen LogP contribution in [0.25, 0.3) is 0 Å². The van der Waals surface area contributed by atoms with E-state index in [0.717, 1.165) is 23.9 Å². The summed E-state index contributed by atoms with van der Waals surface area (Å²) in [7, 11) is 0. The van der Waals surface area contributed by atoms with Gasteiger partial charge in [0.25, 0.3) is 0 Å². The zero-order chi connectivity index (χ0) is 18.0. The minimum Gasteiger partial charge on any atom is -0.323 e. The molecule has 1 aliphatic rings. The first kappa shape index (κ1) is 17.3.